The Morgan fingerprint density at radius 3 is 2.21 bits per heavy atom. The van der Waals surface area contributed by atoms with Gasteiger partial charge in [-0.05, 0) is 71.9 Å². The average Bonchev–Trinajstić information content (AvgIpc) is 2.91. The lowest BCUT2D eigenvalue weighted by Crippen LogP contribution is -2.35. The molecule has 0 saturated carbocycles. The molecule has 206 valence electrons. The predicted molar refractivity (Wildman–Crippen MR) is 150 cm³/mol. The van der Waals surface area contributed by atoms with Gasteiger partial charge in [0.05, 0.1) is 40.4 Å². The van der Waals surface area contributed by atoms with Crippen molar-refractivity contribution in [3.63, 3.8) is 0 Å². The summed E-state index contributed by atoms with van der Waals surface area (Å²) in [4.78, 5) is 8.39. The molecular formula is C30H41N3O5. The van der Waals surface area contributed by atoms with Gasteiger partial charge in [0.25, 0.3) is 0 Å². The minimum atomic E-state index is 0.110. The quantitative estimate of drug-likeness (QED) is 0.261. The van der Waals surface area contributed by atoms with Crippen LogP contribution in [0.3, 0.4) is 0 Å². The molecule has 2 aromatic rings. The van der Waals surface area contributed by atoms with Gasteiger partial charge in [0.2, 0.25) is 11.8 Å². The van der Waals surface area contributed by atoms with Gasteiger partial charge >= 0.3 is 6.01 Å². The van der Waals surface area contributed by atoms with Crippen LogP contribution in [0, 0.1) is 6.92 Å². The number of fused-ring (bicyclic) bond motifs is 1. The third-order valence-electron chi connectivity index (χ3n) is 7.48. The Bertz CT molecular complexity index is 1210. The molecule has 0 saturated heterocycles. The molecule has 1 aliphatic carbocycles. The van der Waals surface area contributed by atoms with Crippen LogP contribution in [0.15, 0.2) is 48.6 Å². The SMILES string of the molecule is C=C(Nc1c(OC)nc(OC)nc1OC)/C(=C/C=C/Oc1cc2c(cc1C)C(C)(CC)CCC2(C)C)OC. The maximum absolute atomic E-state index is 6.08. The fourth-order valence-corrected chi connectivity index (χ4v) is 4.74. The van der Waals surface area contributed by atoms with E-state index in [2.05, 4.69) is 68.6 Å². The molecular weight excluding hydrogens is 482 g/mol. The van der Waals surface area contributed by atoms with Crippen LogP contribution in [0.25, 0.3) is 0 Å². The number of methoxy groups -OCH3 is 4. The standard InChI is InChI=1S/C30H41N3O5/c1-11-30(6)15-14-29(4,5)21-18-24(19(2)17-22(21)30)38-16-12-13-23(34-7)20(3)31-25-26(35-8)32-28(37-10)33-27(25)36-9/h12-13,16-18,31H,3,11,14-15H2,1-2,4-10H3/b16-12+,23-13-. The maximum atomic E-state index is 6.08. The summed E-state index contributed by atoms with van der Waals surface area (Å²) in [6.45, 7) is 15.5. The summed E-state index contributed by atoms with van der Waals surface area (Å²) >= 11 is 0. The zero-order valence-electron chi connectivity index (χ0n) is 24.2. The highest BCUT2D eigenvalue weighted by Crippen LogP contribution is 2.49. The van der Waals surface area contributed by atoms with Gasteiger partial charge in [0, 0.05) is 0 Å². The Labute approximate surface area is 226 Å². The van der Waals surface area contributed by atoms with E-state index in [9.17, 15) is 0 Å². The molecule has 1 atom stereocenters. The van der Waals surface area contributed by atoms with Crippen molar-refractivity contribution in [2.45, 2.75) is 64.7 Å². The average molecular weight is 524 g/mol. The van der Waals surface area contributed by atoms with Gasteiger partial charge < -0.3 is 29.0 Å². The van der Waals surface area contributed by atoms with Crippen LogP contribution in [0.4, 0.5) is 5.69 Å². The van der Waals surface area contributed by atoms with Gasteiger partial charge in [-0.15, -0.1) is 0 Å². The van der Waals surface area contributed by atoms with E-state index in [-0.39, 0.29) is 28.6 Å². The van der Waals surface area contributed by atoms with Crippen molar-refractivity contribution >= 4 is 5.69 Å². The third-order valence-corrected chi connectivity index (χ3v) is 7.48. The molecule has 0 amide bonds. The fourth-order valence-electron chi connectivity index (χ4n) is 4.74. The number of aryl methyl sites for hydroxylation is 1. The molecule has 1 heterocycles. The molecule has 1 aromatic carbocycles. The number of hydrogen-bond donors (Lipinski definition) is 1. The highest BCUT2D eigenvalue weighted by molar-refractivity contribution is 5.65. The van der Waals surface area contributed by atoms with E-state index < -0.39 is 0 Å². The lowest BCUT2D eigenvalue weighted by Gasteiger charge is -2.43. The molecule has 0 radical (unpaired) electrons. The largest absolute Gasteiger partial charge is 0.495 e. The molecule has 1 aliphatic rings. The molecule has 1 unspecified atom stereocenters. The van der Waals surface area contributed by atoms with Crippen molar-refractivity contribution in [3.05, 3.63) is 65.3 Å². The van der Waals surface area contributed by atoms with Crippen molar-refractivity contribution < 1.29 is 23.7 Å². The third kappa shape index (κ3) is 5.90. The Kier molecular flexibility index (Phi) is 8.97. The minimum Gasteiger partial charge on any atom is -0.495 e. The van der Waals surface area contributed by atoms with E-state index in [4.69, 9.17) is 23.7 Å². The van der Waals surface area contributed by atoms with Gasteiger partial charge in [0.1, 0.15) is 11.5 Å². The number of benzene rings is 1. The van der Waals surface area contributed by atoms with Crippen LogP contribution in [0.5, 0.6) is 23.5 Å². The van der Waals surface area contributed by atoms with E-state index in [1.54, 1.807) is 25.5 Å². The van der Waals surface area contributed by atoms with Gasteiger partial charge in [-0.2, -0.15) is 9.97 Å². The molecule has 38 heavy (non-hydrogen) atoms. The van der Waals surface area contributed by atoms with E-state index in [1.807, 2.05) is 0 Å². The Morgan fingerprint density at radius 1 is 1.00 bits per heavy atom. The van der Waals surface area contributed by atoms with Crippen LogP contribution in [0.2, 0.25) is 0 Å². The maximum Gasteiger partial charge on any atom is 0.322 e. The van der Waals surface area contributed by atoms with Crippen LogP contribution in [-0.4, -0.2) is 38.4 Å². The Balaban J connectivity index is 1.80. The molecule has 0 aliphatic heterocycles. The van der Waals surface area contributed by atoms with Crippen molar-refractivity contribution in [2.24, 2.45) is 0 Å². The molecule has 0 spiro atoms. The molecule has 0 bridgehead atoms. The van der Waals surface area contributed by atoms with E-state index >= 15 is 0 Å². The number of nitrogens with one attached hydrogen (secondary N) is 1. The summed E-state index contributed by atoms with van der Waals surface area (Å²) in [5, 5.41) is 3.11. The van der Waals surface area contributed by atoms with Gasteiger partial charge in [-0.3, -0.25) is 0 Å². The number of rotatable bonds is 11. The lowest BCUT2D eigenvalue weighted by atomic mass is 9.61. The second-order valence-electron chi connectivity index (χ2n) is 10.4. The predicted octanol–water partition coefficient (Wildman–Crippen LogP) is 6.60. The number of aromatic nitrogens is 2. The lowest BCUT2D eigenvalue weighted by molar-refractivity contribution is 0.301. The number of allylic oxidation sites excluding steroid dienone is 2. The second kappa shape index (κ2) is 11.8. The number of hydrogen-bond acceptors (Lipinski definition) is 8. The van der Waals surface area contributed by atoms with E-state index in [0.29, 0.717) is 17.1 Å². The van der Waals surface area contributed by atoms with Gasteiger partial charge in [-0.1, -0.05) is 40.3 Å². The summed E-state index contributed by atoms with van der Waals surface area (Å²) in [5.74, 6) is 1.82. The minimum absolute atomic E-state index is 0.110. The van der Waals surface area contributed by atoms with Crippen LogP contribution < -0.4 is 24.3 Å². The molecule has 1 aromatic heterocycles. The van der Waals surface area contributed by atoms with Crippen LogP contribution in [0.1, 0.15) is 63.6 Å². The number of ether oxygens (including phenoxy) is 5. The number of nitrogens with zero attached hydrogens (tertiary/aromatic N) is 2. The van der Waals surface area contributed by atoms with Crippen LogP contribution in [-0.2, 0) is 15.6 Å². The molecule has 8 heteroatoms. The zero-order chi connectivity index (χ0) is 28.1. The summed E-state index contributed by atoms with van der Waals surface area (Å²) in [7, 11) is 6.02. The molecule has 0 fully saturated rings. The topological polar surface area (TPSA) is 84.0 Å². The second-order valence-corrected chi connectivity index (χ2v) is 10.4. The monoisotopic (exact) mass is 523 g/mol. The normalized spacial score (nSPS) is 18.5. The van der Waals surface area contributed by atoms with Crippen molar-refractivity contribution in [1.29, 1.82) is 0 Å². The van der Waals surface area contributed by atoms with E-state index in [0.717, 1.165) is 24.2 Å². The summed E-state index contributed by atoms with van der Waals surface area (Å²) < 4.78 is 27.5. The highest BCUT2D eigenvalue weighted by atomic mass is 16.5. The first-order chi connectivity index (χ1) is 18.0. The Morgan fingerprint density at radius 2 is 1.66 bits per heavy atom. The summed E-state index contributed by atoms with van der Waals surface area (Å²) in [5.41, 5.74) is 5.10. The van der Waals surface area contributed by atoms with Crippen LogP contribution >= 0.6 is 0 Å². The fraction of sp³-hybridized carbons (Fsp3) is 0.467. The smallest absolute Gasteiger partial charge is 0.322 e. The summed E-state index contributed by atoms with van der Waals surface area (Å²) in [6.07, 6.45) is 8.65. The Hall–Kier alpha value is -3.68. The van der Waals surface area contributed by atoms with Crippen molar-refractivity contribution in [2.75, 3.05) is 33.8 Å². The first-order valence-corrected chi connectivity index (χ1v) is 12.8. The highest BCUT2D eigenvalue weighted by Gasteiger charge is 2.39. The molecule has 3 rings (SSSR count). The van der Waals surface area contributed by atoms with Crippen molar-refractivity contribution in [1.82, 2.24) is 9.97 Å². The zero-order valence-corrected chi connectivity index (χ0v) is 24.2. The summed E-state index contributed by atoms with van der Waals surface area (Å²) in [6, 6.07) is 4.65. The molecule has 1 N–H and O–H groups in total. The van der Waals surface area contributed by atoms with E-state index in [1.165, 1.54) is 38.9 Å². The first-order valence-electron chi connectivity index (χ1n) is 12.8. The first kappa shape index (κ1) is 28.9. The number of anilines is 1. The van der Waals surface area contributed by atoms with Gasteiger partial charge in [-0.25, -0.2) is 0 Å². The molecule has 8 nitrogen and oxygen atoms in total. The van der Waals surface area contributed by atoms with Crippen molar-refractivity contribution in [3.8, 4) is 23.5 Å². The van der Waals surface area contributed by atoms with Gasteiger partial charge in [0.15, 0.2) is 5.69 Å².